The third-order valence-corrected chi connectivity index (χ3v) is 2.96. The fraction of sp³-hybridized carbons (Fsp3) is 0.429. The van der Waals surface area contributed by atoms with Gasteiger partial charge >= 0.3 is 6.03 Å². The minimum Gasteiger partial charge on any atom is -0.493 e. The molecule has 1 aliphatic carbocycles. The molecule has 1 aromatic rings. The minimum atomic E-state index is -0.556. The minimum absolute atomic E-state index is 0.175. The van der Waals surface area contributed by atoms with Crippen LogP contribution in [-0.4, -0.2) is 31.7 Å². The van der Waals surface area contributed by atoms with Crippen LogP contribution in [0.3, 0.4) is 0 Å². The molecule has 3 amide bonds. The van der Waals surface area contributed by atoms with Gasteiger partial charge in [-0.3, -0.25) is 4.79 Å². The van der Waals surface area contributed by atoms with E-state index in [4.69, 9.17) is 15.2 Å². The number of amides is 3. The van der Waals surface area contributed by atoms with Gasteiger partial charge in [0.1, 0.15) is 0 Å². The Morgan fingerprint density at radius 1 is 1.33 bits per heavy atom. The average molecular weight is 293 g/mol. The molecular weight excluding hydrogens is 274 g/mol. The van der Waals surface area contributed by atoms with Gasteiger partial charge < -0.3 is 25.8 Å². The van der Waals surface area contributed by atoms with E-state index in [1.165, 1.54) is 7.11 Å². The van der Waals surface area contributed by atoms with E-state index in [2.05, 4.69) is 10.6 Å². The summed E-state index contributed by atoms with van der Waals surface area (Å²) in [6.45, 7) is 0.169. The molecule has 1 aliphatic rings. The zero-order valence-corrected chi connectivity index (χ0v) is 11.8. The lowest BCUT2D eigenvalue weighted by molar-refractivity contribution is -0.119. The lowest BCUT2D eigenvalue weighted by Gasteiger charge is -2.12. The van der Waals surface area contributed by atoms with Crippen LogP contribution in [0, 0.1) is 0 Å². The highest BCUT2D eigenvalue weighted by Gasteiger charge is 2.22. The molecule has 1 aromatic carbocycles. The monoisotopic (exact) mass is 293 g/mol. The van der Waals surface area contributed by atoms with Gasteiger partial charge in [-0.05, 0) is 30.5 Å². The van der Waals surface area contributed by atoms with Crippen molar-refractivity contribution < 1.29 is 19.1 Å². The fourth-order valence-electron chi connectivity index (χ4n) is 1.74. The van der Waals surface area contributed by atoms with Crippen molar-refractivity contribution in [2.45, 2.75) is 25.4 Å². The SMILES string of the molecule is COc1cc(CNC(=O)NC2CC2)ccc1OCC(N)=O. The number of ether oxygens (including phenoxy) is 2. The molecule has 1 saturated carbocycles. The maximum Gasteiger partial charge on any atom is 0.315 e. The van der Waals surface area contributed by atoms with Crippen molar-refractivity contribution in [3.63, 3.8) is 0 Å². The van der Waals surface area contributed by atoms with Crippen LogP contribution in [0.25, 0.3) is 0 Å². The third-order valence-electron chi connectivity index (χ3n) is 2.96. The first-order valence-electron chi connectivity index (χ1n) is 6.71. The molecule has 0 unspecified atom stereocenters. The zero-order chi connectivity index (χ0) is 15.2. The van der Waals surface area contributed by atoms with Crippen molar-refractivity contribution in [1.82, 2.24) is 10.6 Å². The Kier molecular flexibility index (Phi) is 4.86. The molecule has 0 spiro atoms. The number of hydrogen-bond acceptors (Lipinski definition) is 4. The molecular formula is C14H19N3O4. The van der Waals surface area contributed by atoms with Crippen molar-refractivity contribution in [3.05, 3.63) is 23.8 Å². The van der Waals surface area contributed by atoms with Gasteiger partial charge in [0.2, 0.25) is 0 Å². The Morgan fingerprint density at radius 3 is 2.71 bits per heavy atom. The standard InChI is InChI=1S/C14H19N3O4/c1-20-12-6-9(2-5-11(12)21-8-13(15)18)7-16-14(19)17-10-3-4-10/h2,5-6,10H,3-4,7-8H2,1H3,(H2,15,18)(H2,16,17,19). The predicted molar refractivity (Wildman–Crippen MR) is 76.1 cm³/mol. The van der Waals surface area contributed by atoms with Crippen LogP contribution in [0.4, 0.5) is 4.79 Å². The molecule has 114 valence electrons. The quantitative estimate of drug-likeness (QED) is 0.682. The zero-order valence-electron chi connectivity index (χ0n) is 11.8. The van der Waals surface area contributed by atoms with Crippen LogP contribution >= 0.6 is 0 Å². The van der Waals surface area contributed by atoms with Crippen LogP contribution in [0.1, 0.15) is 18.4 Å². The van der Waals surface area contributed by atoms with Gasteiger partial charge in [-0.1, -0.05) is 6.07 Å². The summed E-state index contributed by atoms with van der Waals surface area (Å²) in [5.74, 6) is 0.361. The molecule has 21 heavy (non-hydrogen) atoms. The Morgan fingerprint density at radius 2 is 2.10 bits per heavy atom. The van der Waals surface area contributed by atoms with Gasteiger partial charge in [-0.25, -0.2) is 4.79 Å². The summed E-state index contributed by atoms with van der Waals surface area (Å²) in [5.41, 5.74) is 5.89. The third kappa shape index (κ3) is 4.87. The van der Waals surface area contributed by atoms with Gasteiger partial charge in [-0.2, -0.15) is 0 Å². The number of urea groups is 1. The first kappa shape index (κ1) is 15.0. The summed E-state index contributed by atoms with van der Waals surface area (Å²) >= 11 is 0. The van der Waals surface area contributed by atoms with Crippen LogP contribution in [0.2, 0.25) is 0 Å². The normalized spacial score (nSPS) is 13.4. The van der Waals surface area contributed by atoms with Crippen LogP contribution < -0.4 is 25.8 Å². The molecule has 0 atom stereocenters. The Balaban J connectivity index is 1.90. The number of benzene rings is 1. The second-order valence-corrected chi connectivity index (χ2v) is 4.84. The molecule has 7 nitrogen and oxygen atoms in total. The Labute approximate surface area is 122 Å². The highest BCUT2D eigenvalue weighted by atomic mass is 16.5. The molecule has 0 aliphatic heterocycles. The second kappa shape index (κ2) is 6.83. The summed E-state index contributed by atoms with van der Waals surface area (Å²) in [7, 11) is 1.50. The van der Waals surface area contributed by atoms with Crippen molar-refractivity contribution in [2.75, 3.05) is 13.7 Å². The number of methoxy groups -OCH3 is 1. The van der Waals surface area contributed by atoms with Gasteiger partial charge in [0, 0.05) is 12.6 Å². The first-order chi connectivity index (χ1) is 10.1. The van der Waals surface area contributed by atoms with E-state index >= 15 is 0 Å². The summed E-state index contributed by atoms with van der Waals surface area (Å²) in [5, 5.41) is 5.61. The maximum absolute atomic E-state index is 11.5. The number of rotatable bonds is 7. The Hall–Kier alpha value is -2.44. The lowest BCUT2D eigenvalue weighted by atomic mass is 10.2. The molecule has 7 heteroatoms. The van der Waals surface area contributed by atoms with Crippen LogP contribution in [-0.2, 0) is 11.3 Å². The van der Waals surface area contributed by atoms with Crippen LogP contribution in [0.15, 0.2) is 18.2 Å². The predicted octanol–water partition coefficient (Wildman–Crippen LogP) is 0.521. The molecule has 1 fully saturated rings. The summed E-state index contributed by atoms with van der Waals surface area (Å²) < 4.78 is 10.4. The number of primary amides is 1. The van der Waals surface area contributed by atoms with Gasteiger partial charge in [0.05, 0.1) is 7.11 Å². The van der Waals surface area contributed by atoms with Crippen molar-refractivity contribution in [1.29, 1.82) is 0 Å². The Bertz CT molecular complexity index is 529. The topological polar surface area (TPSA) is 103 Å². The summed E-state index contributed by atoms with van der Waals surface area (Å²) in [4.78, 5) is 22.2. The highest BCUT2D eigenvalue weighted by molar-refractivity contribution is 5.75. The van der Waals surface area contributed by atoms with E-state index in [1.54, 1.807) is 18.2 Å². The fourth-order valence-corrected chi connectivity index (χ4v) is 1.74. The van der Waals surface area contributed by atoms with Gasteiger partial charge in [0.15, 0.2) is 18.1 Å². The van der Waals surface area contributed by atoms with E-state index in [1.807, 2.05) is 0 Å². The summed E-state index contributed by atoms with van der Waals surface area (Å²) in [6, 6.07) is 5.36. The average Bonchev–Trinajstić information content (AvgIpc) is 3.27. The van der Waals surface area contributed by atoms with E-state index in [0.29, 0.717) is 24.1 Å². The second-order valence-electron chi connectivity index (χ2n) is 4.84. The summed E-state index contributed by atoms with van der Waals surface area (Å²) in [6.07, 6.45) is 2.10. The first-order valence-corrected chi connectivity index (χ1v) is 6.71. The van der Waals surface area contributed by atoms with E-state index in [0.717, 1.165) is 18.4 Å². The smallest absolute Gasteiger partial charge is 0.315 e. The van der Waals surface area contributed by atoms with Gasteiger partial charge in [0.25, 0.3) is 5.91 Å². The van der Waals surface area contributed by atoms with Crippen molar-refractivity contribution in [2.24, 2.45) is 5.73 Å². The lowest BCUT2D eigenvalue weighted by Crippen LogP contribution is -2.36. The number of carbonyl (C=O) groups excluding carboxylic acids is 2. The van der Waals surface area contributed by atoms with Crippen LogP contribution in [0.5, 0.6) is 11.5 Å². The number of hydrogen-bond donors (Lipinski definition) is 3. The van der Waals surface area contributed by atoms with E-state index in [-0.39, 0.29) is 12.6 Å². The number of carbonyl (C=O) groups is 2. The largest absolute Gasteiger partial charge is 0.493 e. The van der Waals surface area contributed by atoms with Crippen molar-refractivity contribution in [3.8, 4) is 11.5 Å². The van der Waals surface area contributed by atoms with Crippen molar-refractivity contribution >= 4 is 11.9 Å². The highest BCUT2D eigenvalue weighted by Crippen LogP contribution is 2.28. The maximum atomic E-state index is 11.5. The molecule has 0 aromatic heterocycles. The molecule has 0 saturated heterocycles. The molecule has 4 N–H and O–H groups in total. The van der Waals surface area contributed by atoms with E-state index in [9.17, 15) is 9.59 Å². The number of nitrogens with two attached hydrogens (primary N) is 1. The molecule has 2 rings (SSSR count). The number of nitrogens with one attached hydrogen (secondary N) is 2. The van der Waals surface area contributed by atoms with E-state index < -0.39 is 5.91 Å². The molecule has 0 heterocycles. The molecule has 0 radical (unpaired) electrons. The molecule has 0 bridgehead atoms. The van der Waals surface area contributed by atoms with Gasteiger partial charge in [-0.15, -0.1) is 0 Å².